The predicted molar refractivity (Wildman–Crippen MR) is 142 cm³/mol. The van der Waals surface area contributed by atoms with Crippen LogP contribution in [0, 0.1) is 0 Å². The van der Waals surface area contributed by atoms with Crippen LogP contribution in [-0.4, -0.2) is 7.05 Å². The molecule has 0 saturated heterocycles. The van der Waals surface area contributed by atoms with Gasteiger partial charge in [-0.05, 0) is 61.7 Å². The van der Waals surface area contributed by atoms with Gasteiger partial charge < -0.3 is 4.90 Å². The lowest BCUT2D eigenvalue weighted by Gasteiger charge is -2.29. The smallest absolute Gasteiger partial charge is 0.262 e. The second kappa shape index (κ2) is 8.81. The van der Waals surface area contributed by atoms with Gasteiger partial charge in [0, 0.05) is 41.0 Å². The van der Waals surface area contributed by atoms with E-state index in [4.69, 9.17) is 11.6 Å². The van der Waals surface area contributed by atoms with Crippen LogP contribution in [0.2, 0.25) is 5.02 Å². The topological polar surface area (TPSA) is 7.12 Å². The molecule has 1 aliphatic rings. The molecule has 4 heteroatoms. The highest BCUT2D eigenvalue weighted by atomic mass is 35.5. The molecule has 0 bridgehead atoms. The number of anilines is 1. The van der Waals surface area contributed by atoms with E-state index in [1.807, 2.05) is 17.4 Å². The number of rotatable bonds is 5. The number of thiazole rings is 1. The van der Waals surface area contributed by atoms with Crippen molar-refractivity contribution in [2.75, 3.05) is 11.9 Å². The molecule has 166 valence electrons. The van der Waals surface area contributed by atoms with Gasteiger partial charge in [-0.2, -0.15) is 4.57 Å². The molecule has 2 heterocycles. The van der Waals surface area contributed by atoms with Gasteiger partial charge in [0.1, 0.15) is 11.2 Å². The molecule has 33 heavy (non-hydrogen) atoms. The van der Waals surface area contributed by atoms with Crippen LogP contribution in [0.25, 0.3) is 16.3 Å². The van der Waals surface area contributed by atoms with Crippen LogP contribution in [0.5, 0.6) is 0 Å². The summed E-state index contributed by atoms with van der Waals surface area (Å²) in [5, 5.41) is 2.05. The highest BCUT2D eigenvalue weighted by Crippen LogP contribution is 2.49. The van der Waals surface area contributed by atoms with Crippen LogP contribution < -0.4 is 9.47 Å². The van der Waals surface area contributed by atoms with E-state index in [1.165, 1.54) is 37.7 Å². The fraction of sp³-hybridized carbons (Fsp3) is 0.207. The molecule has 0 radical (unpaired) electrons. The summed E-state index contributed by atoms with van der Waals surface area (Å²) in [6, 6.07) is 25.6. The van der Waals surface area contributed by atoms with E-state index >= 15 is 0 Å². The minimum atomic E-state index is -0.165. The molecule has 3 aromatic carbocycles. The third-order valence-electron chi connectivity index (χ3n) is 6.69. The molecule has 4 aromatic rings. The normalized spacial score (nSPS) is 19.2. The Bertz CT molecular complexity index is 1370. The molecular weight excluding hydrogens is 444 g/mol. The number of hydrogen-bond donors (Lipinski definition) is 0. The summed E-state index contributed by atoms with van der Waals surface area (Å²) in [6.07, 6.45) is 7.65. The Balaban J connectivity index is 1.57. The molecule has 2 nitrogen and oxygen atoms in total. The van der Waals surface area contributed by atoms with E-state index in [-0.39, 0.29) is 5.41 Å². The Morgan fingerprint density at radius 2 is 1.79 bits per heavy atom. The first-order valence-corrected chi connectivity index (χ1v) is 12.6. The van der Waals surface area contributed by atoms with Crippen molar-refractivity contribution >= 4 is 44.9 Å². The summed E-state index contributed by atoms with van der Waals surface area (Å²) in [6.45, 7) is 5.50. The van der Waals surface area contributed by atoms with Crippen LogP contribution in [0.15, 0.2) is 90.6 Å². The van der Waals surface area contributed by atoms with Gasteiger partial charge in [-0.15, -0.1) is 0 Å². The van der Waals surface area contributed by atoms with Gasteiger partial charge in [-0.3, -0.25) is 0 Å². The van der Waals surface area contributed by atoms with Crippen molar-refractivity contribution in [1.82, 2.24) is 0 Å². The molecule has 1 unspecified atom stereocenters. The standard InChI is InChI=1S/C29H28ClN2S/c1-4-32-25-13-8-9-14-26(25)33-28(32)16-10-15-27-29(2,20-21-11-6-5-7-12-21)23-19-22(30)17-18-24(23)31(27)3/h5-19H,4,20H2,1-3H3/q+1. The molecule has 0 saturated carbocycles. The van der Waals surface area contributed by atoms with Crippen molar-refractivity contribution in [1.29, 1.82) is 0 Å². The van der Waals surface area contributed by atoms with Gasteiger partial charge in [-0.1, -0.05) is 71.5 Å². The van der Waals surface area contributed by atoms with Crippen molar-refractivity contribution in [3.8, 4) is 0 Å². The first kappa shape index (κ1) is 21.9. The lowest BCUT2D eigenvalue weighted by molar-refractivity contribution is -0.665. The maximum Gasteiger partial charge on any atom is 0.262 e. The quantitative estimate of drug-likeness (QED) is 0.275. The summed E-state index contributed by atoms with van der Waals surface area (Å²) >= 11 is 8.29. The van der Waals surface area contributed by atoms with Gasteiger partial charge in [0.2, 0.25) is 5.52 Å². The third-order valence-corrected chi connectivity index (χ3v) is 8.05. The zero-order chi connectivity index (χ0) is 23.0. The van der Waals surface area contributed by atoms with E-state index in [0.717, 1.165) is 18.0 Å². The summed E-state index contributed by atoms with van der Waals surface area (Å²) in [5.41, 5.74) is 6.25. The van der Waals surface area contributed by atoms with Gasteiger partial charge in [-0.25, -0.2) is 0 Å². The molecule has 1 aliphatic heterocycles. The number of benzene rings is 3. The van der Waals surface area contributed by atoms with Crippen LogP contribution >= 0.6 is 22.9 Å². The SMILES string of the molecule is CC[n+]1c(C=CC=C2N(C)c3ccc(Cl)cc3C2(C)Cc2ccccc2)sc2ccccc21. The van der Waals surface area contributed by atoms with E-state index in [9.17, 15) is 0 Å². The van der Waals surface area contributed by atoms with Gasteiger partial charge in [0.25, 0.3) is 5.01 Å². The van der Waals surface area contributed by atoms with Crippen molar-refractivity contribution in [2.45, 2.75) is 32.2 Å². The number of fused-ring (bicyclic) bond motifs is 2. The monoisotopic (exact) mass is 471 g/mol. The molecule has 0 aliphatic carbocycles. The van der Waals surface area contributed by atoms with Crippen molar-refractivity contribution in [3.05, 3.63) is 112 Å². The Morgan fingerprint density at radius 1 is 1.03 bits per heavy atom. The lowest BCUT2D eigenvalue weighted by atomic mass is 9.76. The van der Waals surface area contributed by atoms with E-state index < -0.39 is 0 Å². The second-order valence-electron chi connectivity index (χ2n) is 8.78. The van der Waals surface area contributed by atoms with Crippen LogP contribution in [0.1, 0.15) is 30.0 Å². The first-order valence-electron chi connectivity index (χ1n) is 11.4. The highest BCUT2D eigenvalue weighted by molar-refractivity contribution is 7.18. The fourth-order valence-corrected chi connectivity index (χ4v) is 6.40. The average molecular weight is 472 g/mol. The highest BCUT2D eigenvalue weighted by Gasteiger charge is 2.42. The van der Waals surface area contributed by atoms with Crippen molar-refractivity contribution in [2.24, 2.45) is 0 Å². The zero-order valence-corrected chi connectivity index (χ0v) is 20.8. The average Bonchev–Trinajstić information content (AvgIpc) is 3.27. The number of hydrogen-bond acceptors (Lipinski definition) is 2. The summed E-state index contributed by atoms with van der Waals surface area (Å²) in [4.78, 5) is 2.32. The number of allylic oxidation sites excluding steroid dienone is 3. The number of aryl methyl sites for hydroxylation is 1. The minimum Gasteiger partial charge on any atom is -0.347 e. The molecule has 1 atom stereocenters. The number of para-hydroxylation sites is 1. The summed E-state index contributed by atoms with van der Waals surface area (Å²) < 4.78 is 3.70. The Kier molecular flexibility index (Phi) is 5.86. The van der Waals surface area contributed by atoms with Crippen molar-refractivity contribution in [3.63, 3.8) is 0 Å². The minimum absolute atomic E-state index is 0.165. The number of halogens is 1. The Morgan fingerprint density at radius 3 is 2.58 bits per heavy atom. The Hall–Kier alpha value is -2.88. The van der Waals surface area contributed by atoms with Crippen LogP contribution in [0.3, 0.4) is 0 Å². The predicted octanol–water partition coefficient (Wildman–Crippen LogP) is 7.41. The molecular formula is C29H28ClN2S+. The number of aromatic nitrogens is 1. The maximum atomic E-state index is 6.45. The van der Waals surface area contributed by atoms with Gasteiger partial charge >= 0.3 is 0 Å². The Labute approximate surface area is 205 Å². The fourth-order valence-electron chi connectivity index (χ4n) is 5.09. The van der Waals surface area contributed by atoms with Gasteiger partial charge in [0.05, 0.1) is 0 Å². The molecule has 0 spiro atoms. The molecule has 5 rings (SSSR count). The largest absolute Gasteiger partial charge is 0.347 e. The molecule has 0 fully saturated rings. The van der Waals surface area contributed by atoms with E-state index in [1.54, 1.807) is 0 Å². The van der Waals surface area contributed by atoms with Crippen molar-refractivity contribution < 1.29 is 4.57 Å². The zero-order valence-electron chi connectivity index (χ0n) is 19.3. The summed E-state index contributed by atoms with van der Waals surface area (Å²) in [5.74, 6) is 0. The van der Waals surface area contributed by atoms with Gasteiger partial charge in [0.15, 0.2) is 0 Å². The third kappa shape index (κ3) is 3.90. The van der Waals surface area contributed by atoms with E-state index in [0.29, 0.717) is 0 Å². The number of nitrogens with zero attached hydrogens (tertiary/aromatic N) is 2. The van der Waals surface area contributed by atoms with E-state index in [2.05, 4.69) is 115 Å². The second-order valence-corrected chi connectivity index (χ2v) is 10.3. The number of likely N-dealkylation sites (N-methyl/N-ethyl adjacent to an activating group) is 1. The molecule has 1 aromatic heterocycles. The lowest BCUT2D eigenvalue weighted by Crippen LogP contribution is -2.33. The molecule has 0 N–H and O–H groups in total. The first-order chi connectivity index (χ1) is 16.0. The van der Waals surface area contributed by atoms with Crippen LogP contribution in [-0.2, 0) is 18.4 Å². The maximum absolute atomic E-state index is 6.45. The molecule has 0 amide bonds. The van der Waals surface area contributed by atoms with Crippen LogP contribution in [0.4, 0.5) is 5.69 Å². The summed E-state index contributed by atoms with van der Waals surface area (Å²) in [7, 11) is 2.16.